The summed E-state index contributed by atoms with van der Waals surface area (Å²) in [5, 5.41) is 0. The summed E-state index contributed by atoms with van der Waals surface area (Å²) >= 11 is 4.76. The quantitative estimate of drug-likeness (QED) is 0.909. The van der Waals surface area contributed by atoms with E-state index >= 15 is 0 Å². The van der Waals surface area contributed by atoms with Gasteiger partial charge in [0, 0.05) is 4.88 Å². The molecule has 2 aliphatic heterocycles. The average molecular weight is 352 g/mol. The smallest absolute Gasteiger partial charge is 0.242 e. The fourth-order valence-corrected chi connectivity index (χ4v) is 6.41. The Morgan fingerprint density at radius 2 is 2.28 bits per heavy atom. The third kappa shape index (κ3) is 2.27. The van der Waals surface area contributed by atoms with Gasteiger partial charge in [-0.25, -0.2) is 13.1 Å². The SMILES string of the molecule is Cc1sc(Br)cc1S(=O)(=O)NC1CC2CCC1O2. The largest absolute Gasteiger partial charge is 0.373 e. The number of thiophene rings is 1. The van der Waals surface area contributed by atoms with Crippen LogP contribution in [0.1, 0.15) is 24.1 Å². The van der Waals surface area contributed by atoms with Gasteiger partial charge in [0.1, 0.15) is 0 Å². The second-order valence-electron chi connectivity index (χ2n) is 4.81. The Bertz CT molecular complexity index is 569. The van der Waals surface area contributed by atoms with Crippen LogP contribution in [0.4, 0.5) is 0 Å². The molecule has 1 N–H and O–H groups in total. The number of rotatable bonds is 3. The molecule has 0 amide bonds. The van der Waals surface area contributed by atoms with E-state index in [-0.39, 0.29) is 18.2 Å². The van der Waals surface area contributed by atoms with Crippen molar-refractivity contribution < 1.29 is 13.2 Å². The number of sulfonamides is 1. The van der Waals surface area contributed by atoms with Crippen molar-refractivity contribution in [2.45, 2.75) is 49.3 Å². The van der Waals surface area contributed by atoms with E-state index in [9.17, 15) is 8.42 Å². The Morgan fingerprint density at radius 1 is 1.50 bits per heavy atom. The van der Waals surface area contributed by atoms with Crippen LogP contribution < -0.4 is 4.72 Å². The lowest BCUT2D eigenvalue weighted by Crippen LogP contribution is -2.41. The van der Waals surface area contributed by atoms with Gasteiger partial charge in [0.25, 0.3) is 0 Å². The van der Waals surface area contributed by atoms with Crippen molar-refractivity contribution in [3.8, 4) is 0 Å². The zero-order valence-corrected chi connectivity index (χ0v) is 13.1. The molecule has 0 aliphatic carbocycles. The summed E-state index contributed by atoms with van der Waals surface area (Å²) in [7, 11) is -3.43. The van der Waals surface area contributed by atoms with Crippen molar-refractivity contribution in [2.24, 2.45) is 0 Å². The molecule has 0 saturated carbocycles. The van der Waals surface area contributed by atoms with Crippen LogP contribution in [0.25, 0.3) is 0 Å². The fourth-order valence-electron chi connectivity index (χ4n) is 2.72. The minimum Gasteiger partial charge on any atom is -0.373 e. The van der Waals surface area contributed by atoms with Gasteiger partial charge in [-0.1, -0.05) is 0 Å². The average Bonchev–Trinajstić information content (AvgIpc) is 2.93. The first-order valence-electron chi connectivity index (χ1n) is 5.89. The molecule has 2 aliphatic rings. The second kappa shape index (κ2) is 4.56. The van der Waals surface area contributed by atoms with Crippen LogP contribution in [0.5, 0.6) is 0 Å². The summed E-state index contributed by atoms with van der Waals surface area (Å²) in [4.78, 5) is 1.18. The monoisotopic (exact) mass is 351 g/mol. The maximum Gasteiger partial charge on any atom is 0.242 e. The first kappa shape index (κ1) is 13.1. The number of nitrogens with one attached hydrogen (secondary N) is 1. The van der Waals surface area contributed by atoms with E-state index in [4.69, 9.17) is 4.74 Å². The second-order valence-corrected chi connectivity index (χ2v) is 9.13. The standard InChI is InChI=1S/C11H14BrNO3S2/c1-6-10(5-11(12)17-6)18(14,15)13-8-4-7-2-3-9(8)16-7/h5,7-9,13H,2-4H2,1H3. The van der Waals surface area contributed by atoms with Gasteiger partial charge in [-0.2, -0.15) is 0 Å². The Balaban J connectivity index is 1.81. The molecule has 0 aromatic carbocycles. The topological polar surface area (TPSA) is 55.4 Å². The molecule has 1 aromatic rings. The number of hydrogen-bond donors (Lipinski definition) is 1. The lowest BCUT2D eigenvalue weighted by Gasteiger charge is -2.19. The van der Waals surface area contributed by atoms with Crippen LogP contribution in [0.3, 0.4) is 0 Å². The molecule has 2 bridgehead atoms. The fraction of sp³-hybridized carbons (Fsp3) is 0.636. The number of aryl methyl sites for hydroxylation is 1. The third-order valence-electron chi connectivity index (χ3n) is 3.54. The lowest BCUT2D eigenvalue weighted by atomic mass is 9.96. The minimum atomic E-state index is -3.43. The van der Waals surface area contributed by atoms with Gasteiger partial charge in [0.15, 0.2) is 0 Å². The van der Waals surface area contributed by atoms with E-state index in [0.717, 1.165) is 27.9 Å². The maximum absolute atomic E-state index is 12.3. The van der Waals surface area contributed by atoms with Crippen LogP contribution >= 0.6 is 27.3 Å². The molecule has 7 heteroatoms. The summed E-state index contributed by atoms with van der Waals surface area (Å²) in [6.45, 7) is 1.82. The number of halogens is 1. The predicted molar refractivity (Wildman–Crippen MR) is 73.4 cm³/mol. The molecule has 100 valence electrons. The van der Waals surface area contributed by atoms with E-state index in [0.29, 0.717) is 4.90 Å². The van der Waals surface area contributed by atoms with E-state index in [1.54, 1.807) is 6.07 Å². The van der Waals surface area contributed by atoms with Gasteiger partial charge < -0.3 is 4.74 Å². The molecule has 2 fully saturated rings. The molecule has 0 radical (unpaired) electrons. The Hall–Kier alpha value is 0.0500. The number of fused-ring (bicyclic) bond motifs is 2. The highest BCUT2D eigenvalue weighted by Gasteiger charge is 2.42. The van der Waals surface area contributed by atoms with Crippen LogP contribution in [-0.2, 0) is 14.8 Å². The summed E-state index contributed by atoms with van der Waals surface area (Å²) in [5.74, 6) is 0. The predicted octanol–water partition coefficient (Wildman–Crippen LogP) is 2.42. The molecule has 0 spiro atoms. The molecule has 3 atom stereocenters. The number of ether oxygens (including phenoxy) is 1. The first-order chi connectivity index (χ1) is 8.45. The van der Waals surface area contributed by atoms with Gasteiger partial charge >= 0.3 is 0 Å². The van der Waals surface area contributed by atoms with E-state index < -0.39 is 10.0 Å². The normalized spacial score (nSPS) is 31.1. The summed E-state index contributed by atoms with van der Waals surface area (Å²) in [6.07, 6.45) is 3.13. The van der Waals surface area contributed by atoms with Crippen LogP contribution in [0.2, 0.25) is 0 Å². The Kier molecular flexibility index (Phi) is 3.30. The summed E-state index contributed by atoms with van der Waals surface area (Å²) < 4.78 is 33.9. The Morgan fingerprint density at radius 3 is 2.78 bits per heavy atom. The van der Waals surface area contributed by atoms with E-state index in [2.05, 4.69) is 20.7 Å². The van der Waals surface area contributed by atoms with Crippen molar-refractivity contribution >= 4 is 37.3 Å². The van der Waals surface area contributed by atoms with Crippen molar-refractivity contribution in [1.29, 1.82) is 0 Å². The molecule has 2 saturated heterocycles. The van der Waals surface area contributed by atoms with Gasteiger partial charge in [0.2, 0.25) is 10.0 Å². The molecular formula is C11H14BrNO3S2. The van der Waals surface area contributed by atoms with Crippen molar-refractivity contribution in [3.63, 3.8) is 0 Å². The molecule has 3 heterocycles. The summed E-state index contributed by atoms with van der Waals surface area (Å²) in [5.41, 5.74) is 0. The van der Waals surface area contributed by atoms with Crippen molar-refractivity contribution in [3.05, 3.63) is 14.7 Å². The van der Waals surface area contributed by atoms with E-state index in [1.165, 1.54) is 11.3 Å². The van der Waals surface area contributed by atoms with Gasteiger partial charge in [0.05, 0.1) is 26.9 Å². The maximum atomic E-state index is 12.3. The molecular weight excluding hydrogens is 338 g/mol. The van der Waals surface area contributed by atoms with Gasteiger partial charge in [-0.15, -0.1) is 11.3 Å². The molecule has 1 aromatic heterocycles. The molecule has 4 nitrogen and oxygen atoms in total. The van der Waals surface area contributed by atoms with Crippen LogP contribution in [0, 0.1) is 6.92 Å². The van der Waals surface area contributed by atoms with Crippen molar-refractivity contribution in [2.75, 3.05) is 0 Å². The Labute approximate surface area is 119 Å². The highest BCUT2D eigenvalue weighted by Crippen LogP contribution is 2.36. The van der Waals surface area contributed by atoms with E-state index in [1.807, 2.05) is 6.92 Å². The van der Waals surface area contributed by atoms with Gasteiger partial charge in [-0.3, -0.25) is 0 Å². The van der Waals surface area contributed by atoms with Crippen molar-refractivity contribution in [1.82, 2.24) is 4.72 Å². The molecule has 18 heavy (non-hydrogen) atoms. The number of hydrogen-bond acceptors (Lipinski definition) is 4. The highest BCUT2D eigenvalue weighted by molar-refractivity contribution is 9.11. The minimum absolute atomic E-state index is 0.0622. The first-order valence-corrected chi connectivity index (χ1v) is 8.99. The lowest BCUT2D eigenvalue weighted by molar-refractivity contribution is 0.0996. The highest BCUT2D eigenvalue weighted by atomic mass is 79.9. The molecule has 3 rings (SSSR count). The van der Waals surface area contributed by atoms with Crippen LogP contribution in [0.15, 0.2) is 14.7 Å². The van der Waals surface area contributed by atoms with Gasteiger partial charge in [-0.05, 0) is 48.2 Å². The zero-order chi connectivity index (χ0) is 12.9. The molecule has 3 unspecified atom stereocenters. The summed E-state index contributed by atoms with van der Waals surface area (Å²) in [6, 6.07) is 1.60. The third-order valence-corrected chi connectivity index (χ3v) is 6.84. The zero-order valence-electron chi connectivity index (χ0n) is 9.85. The van der Waals surface area contributed by atoms with Crippen LogP contribution in [-0.4, -0.2) is 26.7 Å².